The molecule has 1 heterocycles. The summed E-state index contributed by atoms with van der Waals surface area (Å²) >= 11 is 0. The van der Waals surface area contributed by atoms with Crippen molar-refractivity contribution in [3.8, 4) is 11.5 Å². The van der Waals surface area contributed by atoms with Crippen LogP contribution in [0.15, 0.2) is 60.7 Å². The van der Waals surface area contributed by atoms with Crippen LogP contribution in [0.25, 0.3) is 0 Å². The number of likely N-dealkylation sites (tertiary alicyclic amines) is 1. The van der Waals surface area contributed by atoms with E-state index < -0.39 is 36.4 Å². The first-order valence-electron chi connectivity index (χ1n) is 11.7. The Bertz CT molecular complexity index is 1150. The Morgan fingerprint density at radius 2 is 1.64 bits per heavy atom. The highest BCUT2D eigenvalue weighted by Crippen LogP contribution is 2.37. The van der Waals surface area contributed by atoms with E-state index in [2.05, 4.69) is 5.32 Å². The lowest BCUT2D eigenvalue weighted by atomic mass is 9.85. The maximum absolute atomic E-state index is 13.2. The Hall–Kier alpha value is -4.14. The number of methoxy groups -OCH3 is 2. The number of hydrogen-bond donors (Lipinski definition) is 1. The van der Waals surface area contributed by atoms with Crippen LogP contribution in [0, 0.1) is 11.8 Å². The number of hydrogen-bond acceptors (Lipinski definition) is 7. The van der Waals surface area contributed by atoms with Crippen LogP contribution in [0.4, 0.5) is 5.69 Å². The third-order valence-electron chi connectivity index (χ3n) is 6.42. The average molecular weight is 493 g/mol. The molecule has 1 aliphatic carbocycles. The molecule has 9 heteroatoms. The van der Waals surface area contributed by atoms with Gasteiger partial charge in [0.15, 0.2) is 6.61 Å². The van der Waals surface area contributed by atoms with Gasteiger partial charge in [-0.2, -0.15) is 0 Å². The molecule has 2 aliphatic rings. The molecule has 3 amide bonds. The van der Waals surface area contributed by atoms with E-state index in [-0.39, 0.29) is 18.2 Å². The number of imide groups is 1. The second-order valence-corrected chi connectivity index (χ2v) is 8.63. The van der Waals surface area contributed by atoms with Gasteiger partial charge in [-0.15, -0.1) is 0 Å². The number of esters is 1. The number of amides is 3. The highest BCUT2D eigenvalue weighted by molar-refractivity contribution is 6.08. The van der Waals surface area contributed by atoms with Crippen molar-refractivity contribution in [3.05, 3.63) is 66.2 Å². The Balaban J connectivity index is 1.49. The van der Waals surface area contributed by atoms with Crippen molar-refractivity contribution in [1.29, 1.82) is 0 Å². The lowest BCUT2D eigenvalue weighted by Gasteiger charge is -2.25. The van der Waals surface area contributed by atoms with Gasteiger partial charge in [0.25, 0.3) is 5.91 Å². The molecule has 1 aliphatic heterocycles. The van der Waals surface area contributed by atoms with E-state index in [0.29, 0.717) is 30.0 Å². The van der Waals surface area contributed by atoms with Crippen molar-refractivity contribution in [3.63, 3.8) is 0 Å². The van der Waals surface area contributed by atoms with Gasteiger partial charge in [-0.05, 0) is 30.5 Å². The fraction of sp³-hybridized carbons (Fsp3) is 0.333. The summed E-state index contributed by atoms with van der Waals surface area (Å²) in [5.74, 6) is -2.22. The summed E-state index contributed by atoms with van der Waals surface area (Å²) < 4.78 is 15.7. The molecule has 188 valence electrons. The van der Waals surface area contributed by atoms with Crippen molar-refractivity contribution in [2.45, 2.75) is 25.3 Å². The number of allylic oxidation sites excluding steroid dienone is 2. The van der Waals surface area contributed by atoms with E-state index in [4.69, 9.17) is 14.2 Å². The van der Waals surface area contributed by atoms with Gasteiger partial charge in [0.2, 0.25) is 11.8 Å². The quantitative estimate of drug-likeness (QED) is 0.326. The standard InChI is InChI=1S/C27H28N2O7/c1-34-18-12-13-23(35-2)21(15-18)28-24(30)16-36-27(33)22(14-17-8-4-3-5-9-17)29-25(31)19-10-6-7-11-20(19)26(29)32/h3-9,12-13,15,19-20,22H,10-11,14,16H2,1-2H3,(H,28,30)/t19-,20-,22+/m1/s1. The first-order chi connectivity index (χ1) is 17.4. The number of carbonyl (C=O) groups excluding carboxylic acids is 4. The normalized spacial score (nSPS) is 19.4. The molecular formula is C27H28N2O7. The topological polar surface area (TPSA) is 111 Å². The number of benzene rings is 2. The van der Waals surface area contributed by atoms with Gasteiger partial charge in [0.05, 0.1) is 31.7 Å². The maximum Gasteiger partial charge on any atom is 0.330 e. The zero-order valence-electron chi connectivity index (χ0n) is 20.1. The first-order valence-corrected chi connectivity index (χ1v) is 11.7. The second-order valence-electron chi connectivity index (χ2n) is 8.63. The van der Waals surface area contributed by atoms with Gasteiger partial charge in [-0.3, -0.25) is 19.3 Å². The SMILES string of the molecule is COc1ccc(OC)c(NC(=O)COC(=O)[C@H](Cc2ccccc2)N2C(=O)[C@@H]3CC=CC[C@H]3C2=O)c1. The summed E-state index contributed by atoms with van der Waals surface area (Å²) in [6.45, 7) is -0.602. The van der Waals surface area contributed by atoms with Crippen LogP contribution < -0.4 is 14.8 Å². The van der Waals surface area contributed by atoms with Crippen LogP contribution in [0.2, 0.25) is 0 Å². The van der Waals surface area contributed by atoms with E-state index in [0.717, 1.165) is 10.5 Å². The minimum atomic E-state index is -1.17. The molecule has 4 rings (SSSR count). The van der Waals surface area contributed by atoms with Gasteiger partial charge in [0, 0.05) is 12.5 Å². The summed E-state index contributed by atoms with van der Waals surface area (Å²) in [5.41, 5.74) is 1.11. The highest BCUT2D eigenvalue weighted by Gasteiger charge is 2.51. The van der Waals surface area contributed by atoms with Crippen LogP contribution in [0.5, 0.6) is 11.5 Å². The Morgan fingerprint density at radius 3 is 2.25 bits per heavy atom. The van der Waals surface area contributed by atoms with Crippen molar-refractivity contribution in [2.24, 2.45) is 11.8 Å². The van der Waals surface area contributed by atoms with Crippen molar-refractivity contribution in [1.82, 2.24) is 4.90 Å². The molecule has 0 unspecified atom stereocenters. The van der Waals surface area contributed by atoms with E-state index in [1.54, 1.807) is 18.2 Å². The molecule has 1 N–H and O–H groups in total. The van der Waals surface area contributed by atoms with Gasteiger partial charge in [-0.1, -0.05) is 42.5 Å². The molecule has 0 bridgehead atoms. The molecule has 0 radical (unpaired) electrons. The van der Waals surface area contributed by atoms with E-state index in [1.807, 2.05) is 42.5 Å². The number of nitrogens with zero attached hydrogens (tertiary/aromatic N) is 1. The number of rotatable bonds is 9. The van der Waals surface area contributed by atoms with E-state index in [1.165, 1.54) is 14.2 Å². The summed E-state index contributed by atoms with van der Waals surface area (Å²) in [6, 6.07) is 12.8. The van der Waals surface area contributed by atoms with Crippen molar-refractivity contribution in [2.75, 3.05) is 26.1 Å². The van der Waals surface area contributed by atoms with Crippen molar-refractivity contribution < 1.29 is 33.4 Å². The molecular weight excluding hydrogens is 464 g/mol. The summed E-state index contributed by atoms with van der Waals surface area (Å²) in [7, 11) is 2.96. The third kappa shape index (κ3) is 5.25. The summed E-state index contributed by atoms with van der Waals surface area (Å²) in [5, 5.41) is 2.63. The highest BCUT2D eigenvalue weighted by atomic mass is 16.5. The zero-order valence-corrected chi connectivity index (χ0v) is 20.1. The Kier molecular flexibility index (Phi) is 7.68. The molecule has 1 saturated heterocycles. The lowest BCUT2D eigenvalue weighted by molar-refractivity contribution is -0.160. The fourth-order valence-electron chi connectivity index (χ4n) is 4.58. The zero-order chi connectivity index (χ0) is 25.7. The average Bonchev–Trinajstić information content (AvgIpc) is 3.16. The molecule has 0 spiro atoms. The third-order valence-corrected chi connectivity index (χ3v) is 6.42. The number of ether oxygens (including phenoxy) is 3. The number of fused-ring (bicyclic) bond motifs is 1. The number of anilines is 1. The molecule has 1 fully saturated rings. The molecule has 2 aromatic carbocycles. The number of carbonyl (C=O) groups is 4. The van der Waals surface area contributed by atoms with Crippen LogP contribution in [0.3, 0.4) is 0 Å². The van der Waals surface area contributed by atoms with E-state index in [9.17, 15) is 19.2 Å². The largest absolute Gasteiger partial charge is 0.497 e. The van der Waals surface area contributed by atoms with Crippen LogP contribution in [0.1, 0.15) is 18.4 Å². The van der Waals surface area contributed by atoms with Crippen molar-refractivity contribution >= 4 is 29.4 Å². The van der Waals surface area contributed by atoms with Gasteiger partial charge < -0.3 is 19.5 Å². The Morgan fingerprint density at radius 1 is 0.972 bits per heavy atom. The molecule has 9 nitrogen and oxygen atoms in total. The molecule has 36 heavy (non-hydrogen) atoms. The monoisotopic (exact) mass is 492 g/mol. The predicted molar refractivity (Wildman–Crippen MR) is 130 cm³/mol. The summed E-state index contributed by atoms with van der Waals surface area (Å²) in [4.78, 5) is 53.1. The van der Waals surface area contributed by atoms with Gasteiger partial charge in [-0.25, -0.2) is 4.79 Å². The van der Waals surface area contributed by atoms with Gasteiger partial charge >= 0.3 is 5.97 Å². The van der Waals surface area contributed by atoms with E-state index >= 15 is 0 Å². The smallest absolute Gasteiger partial charge is 0.330 e. The molecule has 0 aromatic heterocycles. The predicted octanol–water partition coefficient (Wildman–Crippen LogP) is 2.75. The van der Waals surface area contributed by atoms with Crippen LogP contribution in [-0.2, 0) is 30.3 Å². The summed E-state index contributed by atoms with van der Waals surface area (Å²) in [6.07, 6.45) is 4.79. The molecule has 3 atom stereocenters. The minimum absolute atomic E-state index is 0.0926. The maximum atomic E-state index is 13.2. The molecule has 0 saturated carbocycles. The van der Waals surface area contributed by atoms with Crippen LogP contribution >= 0.6 is 0 Å². The second kappa shape index (κ2) is 11.1. The fourth-order valence-corrected chi connectivity index (χ4v) is 4.58. The van der Waals surface area contributed by atoms with Gasteiger partial charge in [0.1, 0.15) is 17.5 Å². The number of nitrogens with one attached hydrogen (secondary N) is 1. The first kappa shape index (κ1) is 25.0. The Labute approximate surface area is 209 Å². The van der Waals surface area contributed by atoms with Crippen LogP contribution in [-0.4, -0.2) is 55.5 Å². The minimum Gasteiger partial charge on any atom is -0.497 e. The molecule has 2 aromatic rings. The lowest BCUT2D eigenvalue weighted by Crippen LogP contribution is -2.48.